The normalized spacial score (nSPS) is 29.2. The Balaban J connectivity index is 1.25. The molecule has 5 aromatic carbocycles. The maximum Gasteiger partial charge on any atom is 0.252 e. The largest absolute Gasteiger partial charge is 0.339 e. The number of benzene rings is 5. The number of anilines is 5. The fourth-order valence-corrected chi connectivity index (χ4v) is 11.5. The van der Waals surface area contributed by atoms with Gasteiger partial charge in [0.25, 0.3) is 6.71 Å². The Hall–Kier alpha value is -4.24. The Bertz CT molecular complexity index is 2020. The summed E-state index contributed by atoms with van der Waals surface area (Å²) in [4.78, 5) is 5.47. The van der Waals surface area contributed by atoms with Gasteiger partial charge in [-0.1, -0.05) is 78.9 Å². The number of para-hydroxylation sites is 1. The Morgan fingerprint density at radius 3 is 1.82 bits per heavy atom. The first-order chi connectivity index (χ1) is 22.2. The second kappa shape index (κ2) is 8.72. The molecule has 218 valence electrons. The van der Waals surface area contributed by atoms with Gasteiger partial charge in [-0.15, -0.1) is 0 Å². The highest BCUT2D eigenvalue weighted by Crippen LogP contribution is 2.58. The SMILES string of the molecule is CC1(c2ccccc2)c2cccc3c2B2c4c(cccc4N(C4CC5CC6CC5CC4C6)c4cccc1c42)N3c1ccccc1. The molecule has 0 saturated heterocycles. The highest BCUT2D eigenvalue weighted by Gasteiger charge is 2.55. The number of fused-ring (bicyclic) bond motifs is 2. The van der Waals surface area contributed by atoms with E-state index in [-0.39, 0.29) is 12.1 Å². The lowest BCUT2D eigenvalue weighted by molar-refractivity contribution is 0.152. The van der Waals surface area contributed by atoms with Crippen molar-refractivity contribution in [2.45, 2.75) is 50.5 Å². The van der Waals surface area contributed by atoms with E-state index in [4.69, 9.17) is 0 Å². The third-order valence-corrected chi connectivity index (χ3v) is 13.1. The van der Waals surface area contributed by atoms with E-state index in [0.717, 1.165) is 23.7 Å². The van der Waals surface area contributed by atoms with Crippen molar-refractivity contribution in [1.29, 1.82) is 0 Å². The number of nitrogens with zero attached hydrogens (tertiary/aromatic N) is 2. The van der Waals surface area contributed by atoms with Gasteiger partial charge in [0.05, 0.1) is 0 Å². The molecule has 5 aromatic rings. The van der Waals surface area contributed by atoms with Crippen LogP contribution in [0, 0.1) is 23.7 Å². The van der Waals surface area contributed by atoms with Crippen LogP contribution in [0.25, 0.3) is 0 Å². The maximum absolute atomic E-state index is 2.89. The topological polar surface area (TPSA) is 6.48 Å². The van der Waals surface area contributed by atoms with E-state index in [2.05, 4.69) is 132 Å². The Morgan fingerprint density at radius 1 is 0.533 bits per heavy atom. The summed E-state index contributed by atoms with van der Waals surface area (Å²) in [6.45, 7) is 2.73. The van der Waals surface area contributed by atoms with Crippen LogP contribution in [0.2, 0.25) is 0 Å². The van der Waals surface area contributed by atoms with Crippen molar-refractivity contribution in [3.8, 4) is 0 Å². The molecule has 45 heavy (non-hydrogen) atoms. The summed E-state index contributed by atoms with van der Waals surface area (Å²) in [5.74, 6) is 3.62. The highest BCUT2D eigenvalue weighted by molar-refractivity contribution is 7.01. The minimum absolute atomic E-state index is 0.234. The van der Waals surface area contributed by atoms with Gasteiger partial charge >= 0.3 is 0 Å². The first-order valence-corrected chi connectivity index (χ1v) is 17.3. The van der Waals surface area contributed by atoms with Gasteiger partial charge in [0, 0.05) is 39.9 Å². The summed E-state index contributed by atoms with van der Waals surface area (Å²) in [5.41, 5.74) is 15.5. The van der Waals surface area contributed by atoms with Crippen molar-refractivity contribution in [2.75, 3.05) is 9.80 Å². The van der Waals surface area contributed by atoms with Crippen LogP contribution in [0.3, 0.4) is 0 Å². The fraction of sp³-hybridized carbons (Fsp3) is 0.286. The first kappa shape index (κ1) is 25.0. The molecule has 3 aliphatic heterocycles. The van der Waals surface area contributed by atoms with Crippen LogP contribution in [-0.2, 0) is 5.41 Å². The molecule has 3 heterocycles. The van der Waals surface area contributed by atoms with Crippen LogP contribution in [0.5, 0.6) is 0 Å². The number of hydrogen-bond donors (Lipinski definition) is 0. The third-order valence-electron chi connectivity index (χ3n) is 13.1. The van der Waals surface area contributed by atoms with Gasteiger partial charge in [-0.05, 0) is 132 Å². The molecule has 11 rings (SSSR count). The molecular weight excluding hydrogens is 543 g/mol. The third kappa shape index (κ3) is 3.08. The van der Waals surface area contributed by atoms with E-state index >= 15 is 0 Å². The molecule has 0 amide bonds. The minimum atomic E-state index is -0.254. The van der Waals surface area contributed by atoms with Crippen LogP contribution in [0.4, 0.5) is 28.4 Å². The lowest BCUT2D eigenvalue weighted by Crippen LogP contribution is -2.68. The van der Waals surface area contributed by atoms with Gasteiger partial charge < -0.3 is 9.80 Å². The average Bonchev–Trinajstić information content (AvgIpc) is 3.30. The van der Waals surface area contributed by atoms with Gasteiger partial charge in [0.1, 0.15) is 0 Å². The molecule has 3 saturated carbocycles. The maximum atomic E-state index is 2.89. The number of hydrogen-bond acceptors (Lipinski definition) is 2. The lowest BCUT2D eigenvalue weighted by atomic mass is 9.28. The van der Waals surface area contributed by atoms with Crippen molar-refractivity contribution in [3.63, 3.8) is 0 Å². The van der Waals surface area contributed by atoms with Gasteiger partial charge in [-0.2, -0.15) is 0 Å². The molecule has 0 N–H and O–H groups in total. The molecule has 2 nitrogen and oxygen atoms in total. The molecule has 6 aliphatic rings. The summed E-state index contributed by atoms with van der Waals surface area (Å²) < 4.78 is 0. The predicted octanol–water partition coefficient (Wildman–Crippen LogP) is 7.93. The van der Waals surface area contributed by atoms with Crippen LogP contribution in [-0.4, -0.2) is 12.8 Å². The molecule has 3 heteroatoms. The van der Waals surface area contributed by atoms with Gasteiger partial charge in [0.15, 0.2) is 0 Å². The van der Waals surface area contributed by atoms with Crippen molar-refractivity contribution in [3.05, 3.63) is 132 Å². The second-order valence-corrected chi connectivity index (χ2v) is 15.0. The van der Waals surface area contributed by atoms with E-state index in [0.29, 0.717) is 6.04 Å². The summed E-state index contributed by atoms with van der Waals surface area (Å²) in [6.07, 6.45) is 7.17. The molecule has 3 aliphatic carbocycles. The molecule has 0 spiro atoms. The minimum Gasteiger partial charge on any atom is -0.339 e. The zero-order valence-corrected chi connectivity index (χ0v) is 25.9. The molecule has 3 bridgehead atoms. The monoisotopic (exact) mass is 580 g/mol. The predicted molar refractivity (Wildman–Crippen MR) is 187 cm³/mol. The average molecular weight is 581 g/mol. The zero-order valence-electron chi connectivity index (χ0n) is 25.9. The van der Waals surface area contributed by atoms with Crippen molar-refractivity contribution in [1.82, 2.24) is 0 Å². The standard InChI is InChI=1S/C42H37BN2/c1-42(30-11-4-2-5-12-30)32-15-8-17-34-39(32)43-40-33(42)16-9-18-35(40)45(38-25-28-22-26-21-27(28)24-29(38)23-26)37-20-10-19-36(41(37)43)44(34)31-13-6-3-7-14-31/h2-20,26-29,38H,21-25H2,1H3. The van der Waals surface area contributed by atoms with E-state index in [1.807, 2.05) is 0 Å². The zero-order chi connectivity index (χ0) is 29.4. The van der Waals surface area contributed by atoms with Crippen molar-refractivity contribution >= 4 is 51.5 Å². The Labute approximate surface area is 266 Å². The summed E-state index contributed by atoms with van der Waals surface area (Å²) >= 11 is 0. The smallest absolute Gasteiger partial charge is 0.252 e. The molecule has 0 aromatic heterocycles. The fourth-order valence-electron chi connectivity index (χ4n) is 11.5. The van der Waals surface area contributed by atoms with Gasteiger partial charge in [0.2, 0.25) is 0 Å². The summed E-state index contributed by atoms with van der Waals surface area (Å²) in [7, 11) is 0. The van der Waals surface area contributed by atoms with E-state index < -0.39 is 0 Å². The molecule has 3 fully saturated rings. The summed E-state index contributed by atoms with van der Waals surface area (Å²) in [6, 6.07) is 44.6. The molecule has 0 radical (unpaired) electrons. The second-order valence-electron chi connectivity index (χ2n) is 15.0. The molecule has 6 atom stereocenters. The van der Waals surface area contributed by atoms with Crippen LogP contribution in [0.1, 0.15) is 55.7 Å². The van der Waals surface area contributed by atoms with E-state index in [1.54, 1.807) is 5.46 Å². The molecule has 6 unspecified atom stereocenters. The Morgan fingerprint density at radius 2 is 1.09 bits per heavy atom. The van der Waals surface area contributed by atoms with Crippen LogP contribution in [0.15, 0.2) is 115 Å². The van der Waals surface area contributed by atoms with Crippen molar-refractivity contribution in [2.24, 2.45) is 23.7 Å². The number of rotatable bonds is 3. The quantitative estimate of drug-likeness (QED) is 0.196. The van der Waals surface area contributed by atoms with E-state index in [9.17, 15) is 0 Å². The first-order valence-electron chi connectivity index (χ1n) is 17.3. The van der Waals surface area contributed by atoms with E-state index in [1.165, 1.54) is 88.2 Å². The van der Waals surface area contributed by atoms with Crippen LogP contribution < -0.4 is 26.2 Å². The van der Waals surface area contributed by atoms with Crippen LogP contribution >= 0.6 is 0 Å². The van der Waals surface area contributed by atoms with Gasteiger partial charge in [-0.3, -0.25) is 0 Å². The lowest BCUT2D eigenvalue weighted by Gasteiger charge is -2.54. The highest BCUT2D eigenvalue weighted by atomic mass is 15.2. The summed E-state index contributed by atoms with van der Waals surface area (Å²) in [5, 5.41) is 0. The molecular formula is C42H37BN2. The van der Waals surface area contributed by atoms with Gasteiger partial charge in [-0.25, -0.2) is 0 Å². The Kier molecular flexibility index (Phi) is 4.85. The van der Waals surface area contributed by atoms with Crippen molar-refractivity contribution < 1.29 is 0 Å².